The zero-order valence-corrected chi connectivity index (χ0v) is 28.7. The summed E-state index contributed by atoms with van der Waals surface area (Å²) in [7, 11) is 2.26. The van der Waals surface area contributed by atoms with Crippen LogP contribution in [0.4, 0.5) is 0 Å². The van der Waals surface area contributed by atoms with Crippen molar-refractivity contribution in [2.45, 2.75) is 174 Å². The quantitative estimate of drug-likeness (QED) is 0.0482. The van der Waals surface area contributed by atoms with E-state index < -0.39 is 0 Å². The predicted octanol–water partition coefficient (Wildman–Crippen LogP) is 7.14. The van der Waals surface area contributed by atoms with Gasteiger partial charge in [0.2, 0.25) is 0 Å². The van der Waals surface area contributed by atoms with Gasteiger partial charge in [-0.25, -0.2) is 0 Å². The van der Waals surface area contributed by atoms with Crippen molar-refractivity contribution in [1.29, 1.82) is 0 Å². The van der Waals surface area contributed by atoms with Crippen molar-refractivity contribution in [3.05, 3.63) is 0 Å². The van der Waals surface area contributed by atoms with E-state index in [0.717, 1.165) is 50.7 Å². The van der Waals surface area contributed by atoms with Gasteiger partial charge >= 0.3 is 0 Å². The second kappa shape index (κ2) is 34.5. The van der Waals surface area contributed by atoms with Crippen molar-refractivity contribution in [3.63, 3.8) is 0 Å². The molecule has 0 aromatic heterocycles. The lowest BCUT2D eigenvalue weighted by Gasteiger charge is -2.33. The van der Waals surface area contributed by atoms with E-state index in [2.05, 4.69) is 20.9 Å². The Morgan fingerprint density at radius 2 is 0.718 bits per heavy atom. The Kier molecular flexibility index (Phi) is 36.7. The molecule has 0 atom stereocenters. The molecule has 0 radical (unpaired) electrons. The minimum Gasteiger partial charge on any atom is -1.00 e. The third kappa shape index (κ3) is 32.7. The molecule has 0 aromatic rings. The summed E-state index contributed by atoms with van der Waals surface area (Å²) in [5.74, 6) is 0. The van der Waals surface area contributed by atoms with E-state index in [1.165, 1.54) is 154 Å². The van der Waals surface area contributed by atoms with Crippen LogP contribution in [-0.2, 0) is 9.47 Å². The van der Waals surface area contributed by atoms with Crippen LogP contribution in [0.15, 0.2) is 0 Å². The van der Waals surface area contributed by atoms with Crippen molar-refractivity contribution in [2.24, 2.45) is 5.73 Å². The molecule has 238 valence electrons. The maximum Gasteiger partial charge on any atom is 0.184 e. The zero-order valence-electron chi connectivity index (χ0n) is 27.1. The van der Waals surface area contributed by atoms with Gasteiger partial charge in [-0.05, 0) is 19.4 Å². The first kappa shape index (κ1) is 41.5. The summed E-state index contributed by atoms with van der Waals surface area (Å²) in [4.78, 5) is 0. The van der Waals surface area contributed by atoms with Crippen LogP contribution >= 0.6 is 0 Å². The lowest BCUT2D eigenvalue weighted by molar-refractivity contribution is -0.945. The van der Waals surface area contributed by atoms with Gasteiger partial charge in [0.25, 0.3) is 0 Å². The van der Waals surface area contributed by atoms with Crippen molar-refractivity contribution in [2.75, 3.05) is 46.8 Å². The fourth-order valence-corrected chi connectivity index (χ4v) is 5.30. The summed E-state index contributed by atoms with van der Waals surface area (Å²) >= 11 is 0. The lowest BCUT2D eigenvalue weighted by atomic mass is 10.1. The number of quaternary nitrogens is 1. The van der Waals surface area contributed by atoms with E-state index in [-0.39, 0.29) is 17.0 Å². The van der Waals surface area contributed by atoms with Gasteiger partial charge in [0.05, 0.1) is 26.8 Å². The minimum absolute atomic E-state index is 0. The largest absolute Gasteiger partial charge is 1.00 e. The molecule has 0 saturated heterocycles. The zero-order chi connectivity index (χ0) is 27.8. The molecule has 0 fully saturated rings. The summed E-state index contributed by atoms with van der Waals surface area (Å²) in [6, 6.07) is 0. The Morgan fingerprint density at radius 1 is 0.436 bits per heavy atom. The van der Waals surface area contributed by atoms with Crippen molar-refractivity contribution < 1.29 is 30.9 Å². The highest BCUT2D eigenvalue weighted by Gasteiger charge is 2.21. The molecule has 0 amide bonds. The molecular weight excluding hydrogens is 548 g/mol. The molecule has 0 rings (SSSR count). The van der Waals surface area contributed by atoms with Gasteiger partial charge in [-0.2, -0.15) is 0 Å². The third-order valence-electron chi connectivity index (χ3n) is 7.99. The second-order valence-electron chi connectivity index (χ2n) is 12.3. The first-order chi connectivity index (χ1) is 18.7. The summed E-state index contributed by atoms with van der Waals surface area (Å²) in [5, 5.41) is 0. The number of halogens is 1. The molecule has 0 bridgehead atoms. The van der Waals surface area contributed by atoms with Crippen LogP contribution in [-0.4, -0.2) is 51.3 Å². The topological polar surface area (TPSA) is 44.5 Å². The maximum absolute atomic E-state index is 6.11. The monoisotopic (exact) mass is 620 g/mol. The summed E-state index contributed by atoms with van der Waals surface area (Å²) in [5.41, 5.74) is 5.80. The Labute approximate surface area is 257 Å². The minimum atomic E-state index is 0. The summed E-state index contributed by atoms with van der Waals surface area (Å²) in [6.07, 6.45) is 34.3. The number of rotatable bonds is 33. The summed E-state index contributed by atoms with van der Waals surface area (Å²) in [6.45, 7) is 9.62. The summed E-state index contributed by atoms with van der Waals surface area (Å²) < 4.78 is 13.0. The number of unbranched alkanes of at least 4 members (excludes halogenated alkanes) is 22. The molecular formula is C34H73BrN2O2. The molecule has 0 unspecified atom stereocenters. The van der Waals surface area contributed by atoms with Crippen molar-refractivity contribution >= 4 is 0 Å². The number of hydrogen-bond acceptors (Lipinski definition) is 3. The Balaban J connectivity index is 0. The maximum atomic E-state index is 6.11. The van der Waals surface area contributed by atoms with Gasteiger partial charge in [0.1, 0.15) is 0 Å². The van der Waals surface area contributed by atoms with Crippen molar-refractivity contribution in [3.8, 4) is 0 Å². The fraction of sp³-hybridized carbons (Fsp3) is 1.00. The molecule has 2 N–H and O–H groups in total. The number of nitrogens with two attached hydrogens (primary N) is 1. The molecule has 0 saturated carbocycles. The Morgan fingerprint density at radius 3 is 1.00 bits per heavy atom. The van der Waals surface area contributed by atoms with Gasteiger partial charge in [-0.1, -0.05) is 155 Å². The molecule has 0 heterocycles. The molecule has 0 aliphatic rings. The van der Waals surface area contributed by atoms with E-state index >= 15 is 0 Å². The van der Waals surface area contributed by atoms with E-state index in [0.29, 0.717) is 0 Å². The SMILES string of the molecule is CCCCCCCCCCCCCCOC[N+](C)(CCCN)COCCCCCCCCCCCCCC.[Br-]. The molecule has 4 nitrogen and oxygen atoms in total. The van der Waals surface area contributed by atoms with Crippen molar-refractivity contribution in [1.82, 2.24) is 0 Å². The molecule has 0 spiro atoms. The van der Waals surface area contributed by atoms with E-state index in [1.54, 1.807) is 0 Å². The Bertz CT molecular complexity index is 407. The van der Waals surface area contributed by atoms with E-state index in [9.17, 15) is 0 Å². The van der Waals surface area contributed by atoms with E-state index in [4.69, 9.17) is 15.2 Å². The number of hydrogen-bond donors (Lipinski definition) is 1. The van der Waals surface area contributed by atoms with Gasteiger partial charge in [0.15, 0.2) is 13.5 Å². The van der Waals surface area contributed by atoms with Crippen LogP contribution in [0, 0.1) is 0 Å². The predicted molar refractivity (Wildman–Crippen MR) is 169 cm³/mol. The van der Waals surface area contributed by atoms with Gasteiger partial charge in [-0.3, -0.25) is 4.48 Å². The molecule has 5 heteroatoms. The standard InChI is InChI=1S/C34H73N2O2.BrH/c1-4-6-8-10-12-14-16-18-20-22-24-26-31-37-33-36(3,30-28-29-35)34-38-32-27-25-23-21-19-17-15-13-11-9-7-5-2;/h4-35H2,1-3H3;1H/q+1;/p-1. The van der Waals surface area contributed by atoms with Crippen LogP contribution in [0.25, 0.3) is 0 Å². The smallest absolute Gasteiger partial charge is 0.184 e. The van der Waals surface area contributed by atoms with E-state index in [1.807, 2.05) is 0 Å². The van der Waals surface area contributed by atoms with Gasteiger partial charge in [0, 0.05) is 6.42 Å². The first-order valence-electron chi connectivity index (χ1n) is 17.4. The Hall–Kier alpha value is 0.320. The molecule has 39 heavy (non-hydrogen) atoms. The molecule has 0 aliphatic heterocycles. The fourth-order valence-electron chi connectivity index (χ4n) is 5.30. The van der Waals surface area contributed by atoms with Crippen LogP contribution < -0.4 is 22.7 Å². The average molecular weight is 622 g/mol. The average Bonchev–Trinajstić information content (AvgIpc) is 2.92. The number of nitrogens with zero attached hydrogens (tertiary/aromatic N) is 1. The molecule has 0 aliphatic carbocycles. The highest BCUT2D eigenvalue weighted by atomic mass is 79.9. The normalized spacial score (nSPS) is 11.7. The first-order valence-corrected chi connectivity index (χ1v) is 17.4. The van der Waals surface area contributed by atoms with Crippen LogP contribution in [0.3, 0.4) is 0 Å². The van der Waals surface area contributed by atoms with Gasteiger partial charge < -0.3 is 32.2 Å². The van der Waals surface area contributed by atoms with Crippen LogP contribution in [0.5, 0.6) is 0 Å². The van der Waals surface area contributed by atoms with Gasteiger partial charge in [-0.15, -0.1) is 0 Å². The third-order valence-corrected chi connectivity index (χ3v) is 7.99. The van der Waals surface area contributed by atoms with Crippen LogP contribution in [0.1, 0.15) is 174 Å². The molecule has 0 aromatic carbocycles. The highest BCUT2D eigenvalue weighted by Crippen LogP contribution is 2.14. The van der Waals surface area contributed by atoms with Crippen LogP contribution in [0.2, 0.25) is 0 Å². The highest BCUT2D eigenvalue weighted by molar-refractivity contribution is 4.50. The lowest BCUT2D eigenvalue weighted by Crippen LogP contribution is -3.00. The second-order valence-corrected chi connectivity index (χ2v) is 12.3. The number of ether oxygens (including phenoxy) is 2.